The molecule has 0 bridgehead atoms. The first-order chi connectivity index (χ1) is 12.7. The van der Waals surface area contributed by atoms with E-state index in [1.165, 1.54) is 6.07 Å². The van der Waals surface area contributed by atoms with Crippen LogP contribution < -0.4 is 10.1 Å². The average Bonchev–Trinajstić information content (AvgIpc) is 3.33. The molecule has 2 aliphatic carbocycles. The molecule has 1 aromatic rings. The number of ether oxygens (including phenoxy) is 2. The number of rotatable bonds is 4. The van der Waals surface area contributed by atoms with Gasteiger partial charge >= 0.3 is 18.1 Å². The predicted molar refractivity (Wildman–Crippen MR) is 83.8 cm³/mol. The predicted octanol–water partition coefficient (Wildman–Crippen LogP) is 3.08. The summed E-state index contributed by atoms with van der Waals surface area (Å²) < 4.78 is 61.1. The second-order valence-corrected chi connectivity index (χ2v) is 7.58. The maximum atomic E-state index is 14.7. The Morgan fingerprint density at radius 2 is 1.81 bits per heavy atom. The fourth-order valence-electron chi connectivity index (χ4n) is 3.64. The molecule has 0 amide bonds. The summed E-state index contributed by atoms with van der Waals surface area (Å²) in [4.78, 5) is 22.8. The highest BCUT2D eigenvalue weighted by atomic mass is 19.4. The minimum Gasteiger partial charge on any atom is -0.487 e. The monoisotopic (exact) mass is 387 g/mol. The number of halogens is 4. The highest BCUT2D eigenvalue weighted by molar-refractivity contribution is 5.98. The molecule has 1 spiro atoms. The molecule has 1 aliphatic heterocycles. The lowest BCUT2D eigenvalue weighted by molar-refractivity contribution is -0.193. The van der Waals surface area contributed by atoms with Crippen molar-refractivity contribution in [3.05, 3.63) is 29.1 Å². The number of alkyl halides is 3. The molecule has 9 heteroatoms. The minimum atomic E-state index is -5.34. The van der Waals surface area contributed by atoms with E-state index in [-0.39, 0.29) is 23.2 Å². The van der Waals surface area contributed by atoms with Gasteiger partial charge in [0.15, 0.2) is 11.6 Å². The van der Waals surface area contributed by atoms with Gasteiger partial charge in [-0.05, 0) is 49.3 Å². The number of benzene rings is 1. The van der Waals surface area contributed by atoms with Gasteiger partial charge in [0.25, 0.3) is 0 Å². The zero-order chi connectivity index (χ0) is 19.4. The molecule has 27 heavy (non-hydrogen) atoms. The summed E-state index contributed by atoms with van der Waals surface area (Å²) in [7, 11) is 0. The van der Waals surface area contributed by atoms with E-state index in [1.54, 1.807) is 0 Å². The Labute approximate surface area is 152 Å². The molecular weight excluding hydrogens is 370 g/mol. The van der Waals surface area contributed by atoms with Crippen molar-refractivity contribution in [1.82, 2.24) is 5.32 Å². The van der Waals surface area contributed by atoms with Gasteiger partial charge in [-0.15, -0.1) is 0 Å². The molecule has 2 saturated carbocycles. The van der Waals surface area contributed by atoms with Gasteiger partial charge in [0.05, 0.1) is 5.56 Å². The zero-order valence-corrected chi connectivity index (χ0v) is 14.2. The standard InChI is InChI=1S/C18H17F4NO4/c19-14-12(15(24)27-16(25)18(20,21)22)3-10(9-1-2-9)4-13(14)26-11-5-17(6-11)7-23-8-17/h3-4,9,11,23H,1-2,5-8H2. The first kappa shape index (κ1) is 18.2. The first-order valence-electron chi connectivity index (χ1n) is 8.71. The summed E-state index contributed by atoms with van der Waals surface area (Å²) in [6.07, 6.45) is -2.38. The summed E-state index contributed by atoms with van der Waals surface area (Å²) in [6.45, 7) is 1.77. The number of carbonyl (C=O) groups excluding carboxylic acids is 2. The molecule has 3 aliphatic rings. The van der Waals surface area contributed by atoms with Crippen LogP contribution in [0.2, 0.25) is 0 Å². The van der Waals surface area contributed by atoms with Crippen LogP contribution in [0.3, 0.4) is 0 Å². The Hall–Kier alpha value is -2.16. The molecule has 3 fully saturated rings. The van der Waals surface area contributed by atoms with Gasteiger partial charge in [-0.1, -0.05) is 0 Å². The number of esters is 2. The molecule has 1 saturated heterocycles. The van der Waals surface area contributed by atoms with E-state index in [9.17, 15) is 27.2 Å². The fraction of sp³-hybridized carbons (Fsp3) is 0.556. The smallest absolute Gasteiger partial charge is 0.487 e. The number of nitrogens with one attached hydrogen (secondary N) is 1. The quantitative estimate of drug-likeness (QED) is 0.489. The Balaban J connectivity index is 1.54. The first-order valence-corrected chi connectivity index (χ1v) is 8.71. The summed E-state index contributed by atoms with van der Waals surface area (Å²) in [5.74, 6) is -5.54. The molecular formula is C18H17F4NO4. The molecule has 0 aromatic heterocycles. The van der Waals surface area contributed by atoms with Crippen LogP contribution in [0.4, 0.5) is 17.6 Å². The number of hydrogen-bond acceptors (Lipinski definition) is 5. The van der Waals surface area contributed by atoms with Crippen molar-refractivity contribution in [2.45, 2.75) is 43.9 Å². The van der Waals surface area contributed by atoms with E-state index in [0.29, 0.717) is 5.56 Å². The van der Waals surface area contributed by atoms with Crippen LogP contribution in [-0.4, -0.2) is 37.3 Å². The van der Waals surface area contributed by atoms with Gasteiger partial charge in [-0.25, -0.2) is 14.0 Å². The molecule has 146 valence electrons. The van der Waals surface area contributed by atoms with Gasteiger partial charge in [0.1, 0.15) is 6.10 Å². The minimum absolute atomic E-state index is 0.0985. The second kappa shape index (κ2) is 6.19. The third kappa shape index (κ3) is 3.52. The lowest BCUT2D eigenvalue weighted by Crippen LogP contribution is -2.62. The van der Waals surface area contributed by atoms with Crippen LogP contribution >= 0.6 is 0 Å². The van der Waals surface area contributed by atoms with Crippen LogP contribution in [0.1, 0.15) is 47.5 Å². The van der Waals surface area contributed by atoms with E-state index >= 15 is 0 Å². The lowest BCUT2D eigenvalue weighted by atomic mass is 9.63. The van der Waals surface area contributed by atoms with Crippen LogP contribution in [-0.2, 0) is 9.53 Å². The molecule has 5 nitrogen and oxygen atoms in total. The molecule has 4 rings (SSSR count). The third-order valence-corrected chi connectivity index (χ3v) is 5.36. The Morgan fingerprint density at radius 1 is 1.15 bits per heavy atom. The molecule has 1 N–H and O–H groups in total. The summed E-state index contributed by atoms with van der Waals surface area (Å²) in [5.41, 5.74) is 0.0689. The lowest BCUT2D eigenvalue weighted by Gasteiger charge is -2.53. The summed E-state index contributed by atoms with van der Waals surface area (Å²) in [6, 6.07) is 2.63. The Morgan fingerprint density at radius 3 is 2.33 bits per heavy atom. The molecule has 0 atom stereocenters. The van der Waals surface area contributed by atoms with Crippen LogP contribution in [0.25, 0.3) is 0 Å². The van der Waals surface area contributed by atoms with E-state index in [4.69, 9.17) is 4.74 Å². The molecule has 0 unspecified atom stereocenters. The maximum Gasteiger partial charge on any atom is 0.491 e. The molecule has 1 aromatic carbocycles. The van der Waals surface area contributed by atoms with E-state index < -0.39 is 29.5 Å². The van der Waals surface area contributed by atoms with Gasteiger partial charge in [-0.2, -0.15) is 13.2 Å². The van der Waals surface area contributed by atoms with Crippen LogP contribution in [0.15, 0.2) is 12.1 Å². The van der Waals surface area contributed by atoms with Gasteiger partial charge in [-0.3, -0.25) is 0 Å². The van der Waals surface area contributed by atoms with Gasteiger partial charge in [0.2, 0.25) is 0 Å². The second-order valence-electron chi connectivity index (χ2n) is 7.58. The average molecular weight is 387 g/mol. The van der Waals surface area contributed by atoms with Gasteiger partial charge in [0, 0.05) is 18.5 Å². The van der Waals surface area contributed by atoms with E-state index in [2.05, 4.69) is 10.1 Å². The fourth-order valence-corrected chi connectivity index (χ4v) is 3.64. The van der Waals surface area contributed by atoms with E-state index in [0.717, 1.165) is 44.8 Å². The van der Waals surface area contributed by atoms with Crippen LogP contribution in [0, 0.1) is 11.2 Å². The zero-order valence-electron chi connectivity index (χ0n) is 14.2. The van der Waals surface area contributed by atoms with Crippen molar-refractivity contribution in [2.24, 2.45) is 5.41 Å². The Bertz CT molecular complexity index is 791. The van der Waals surface area contributed by atoms with Crippen molar-refractivity contribution in [3.8, 4) is 5.75 Å². The Kier molecular flexibility index (Phi) is 4.17. The molecule has 0 radical (unpaired) electrons. The van der Waals surface area contributed by atoms with Crippen molar-refractivity contribution < 1.29 is 36.6 Å². The number of carbonyl (C=O) groups is 2. The third-order valence-electron chi connectivity index (χ3n) is 5.36. The largest absolute Gasteiger partial charge is 0.491 e. The van der Waals surface area contributed by atoms with Crippen molar-refractivity contribution in [1.29, 1.82) is 0 Å². The summed E-state index contributed by atoms with van der Waals surface area (Å²) >= 11 is 0. The van der Waals surface area contributed by atoms with E-state index in [1.807, 2.05) is 0 Å². The van der Waals surface area contributed by atoms with Crippen molar-refractivity contribution in [3.63, 3.8) is 0 Å². The SMILES string of the molecule is O=C(OC(=O)C(F)(F)F)c1cc(C2CC2)cc(OC2CC3(CNC3)C2)c1F. The summed E-state index contributed by atoms with van der Waals surface area (Å²) in [5, 5.41) is 3.17. The van der Waals surface area contributed by atoms with Crippen molar-refractivity contribution >= 4 is 11.9 Å². The molecule has 1 heterocycles. The highest BCUT2D eigenvalue weighted by Gasteiger charge is 2.50. The maximum absolute atomic E-state index is 14.7. The van der Waals surface area contributed by atoms with Crippen LogP contribution in [0.5, 0.6) is 5.75 Å². The van der Waals surface area contributed by atoms with Gasteiger partial charge < -0.3 is 14.8 Å². The highest BCUT2D eigenvalue weighted by Crippen LogP contribution is 2.47. The normalized spacial score (nSPS) is 21.3. The topological polar surface area (TPSA) is 64.6 Å². The van der Waals surface area contributed by atoms with Crippen molar-refractivity contribution in [2.75, 3.05) is 13.1 Å². The number of hydrogen-bond donors (Lipinski definition) is 1.